The summed E-state index contributed by atoms with van der Waals surface area (Å²) in [6.07, 6.45) is 3.98. The number of rotatable bonds is 5. The first kappa shape index (κ1) is 18.5. The van der Waals surface area contributed by atoms with E-state index in [9.17, 15) is 9.59 Å². The van der Waals surface area contributed by atoms with Crippen LogP contribution in [0.3, 0.4) is 0 Å². The van der Waals surface area contributed by atoms with E-state index in [1.165, 1.54) is 6.42 Å². The van der Waals surface area contributed by atoms with Crippen molar-refractivity contribution in [3.05, 3.63) is 34.9 Å². The SMILES string of the molecule is Cc1ccc(C(=O)N[C@@H](CC(C)C)C(=O)N2CCCCC2)cc1C. The van der Waals surface area contributed by atoms with Gasteiger partial charge in [-0.05, 0) is 68.7 Å². The average Bonchev–Trinajstić information content (AvgIpc) is 2.56. The Labute approximate surface area is 145 Å². The molecule has 0 spiro atoms. The lowest BCUT2D eigenvalue weighted by atomic mass is 10.00. The maximum absolute atomic E-state index is 12.8. The maximum atomic E-state index is 12.8. The molecule has 0 saturated carbocycles. The van der Waals surface area contributed by atoms with E-state index in [2.05, 4.69) is 19.2 Å². The number of carbonyl (C=O) groups is 2. The van der Waals surface area contributed by atoms with Crippen molar-refractivity contribution in [2.45, 2.75) is 59.4 Å². The Hall–Kier alpha value is -1.84. The third-order valence-corrected chi connectivity index (χ3v) is 4.75. The summed E-state index contributed by atoms with van der Waals surface area (Å²) in [5, 5.41) is 2.98. The van der Waals surface area contributed by atoms with Gasteiger partial charge < -0.3 is 10.2 Å². The summed E-state index contributed by atoms with van der Waals surface area (Å²) in [5.74, 6) is 0.262. The lowest BCUT2D eigenvalue weighted by Gasteiger charge is -2.31. The number of likely N-dealkylation sites (tertiary alicyclic amines) is 1. The first-order valence-corrected chi connectivity index (χ1v) is 9.05. The average molecular weight is 330 g/mol. The highest BCUT2D eigenvalue weighted by Crippen LogP contribution is 2.15. The van der Waals surface area contributed by atoms with Crippen molar-refractivity contribution in [1.82, 2.24) is 10.2 Å². The number of amides is 2. The number of hydrogen-bond donors (Lipinski definition) is 1. The van der Waals surface area contributed by atoms with Crippen LogP contribution in [0.1, 0.15) is 61.0 Å². The third-order valence-electron chi connectivity index (χ3n) is 4.75. The molecule has 2 rings (SSSR count). The Bertz CT molecular complexity index is 589. The Balaban J connectivity index is 2.10. The Morgan fingerprint density at radius 1 is 1.08 bits per heavy atom. The van der Waals surface area contributed by atoms with Gasteiger partial charge in [-0.1, -0.05) is 19.9 Å². The number of nitrogens with one attached hydrogen (secondary N) is 1. The number of piperidine rings is 1. The molecule has 1 aromatic rings. The fraction of sp³-hybridized carbons (Fsp3) is 0.600. The molecule has 1 atom stereocenters. The monoisotopic (exact) mass is 330 g/mol. The molecule has 0 radical (unpaired) electrons. The molecule has 4 nitrogen and oxygen atoms in total. The van der Waals surface area contributed by atoms with Gasteiger partial charge in [-0.2, -0.15) is 0 Å². The predicted molar refractivity (Wildman–Crippen MR) is 97.1 cm³/mol. The van der Waals surface area contributed by atoms with Crippen molar-refractivity contribution >= 4 is 11.8 Å². The number of aryl methyl sites for hydroxylation is 2. The van der Waals surface area contributed by atoms with Crippen LogP contribution < -0.4 is 5.32 Å². The zero-order chi connectivity index (χ0) is 17.7. The van der Waals surface area contributed by atoms with Gasteiger partial charge in [-0.3, -0.25) is 9.59 Å². The molecule has 1 aliphatic rings. The van der Waals surface area contributed by atoms with Gasteiger partial charge in [0.05, 0.1) is 0 Å². The van der Waals surface area contributed by atoms with Crippen molar-refractivity contribution in [3.63, 3.8) is 0 Å². The Kier molecular flexibility index (Phi) is 6.41. The molecule has 4 heteroatoms. The lowest BCUT2D eigenvalue weighted by molar-refractivity contribution is -0.134. The van der Waals surface area contributed by atoms with Crippen molar-refractivity contribution in [2.75, 3.05) is 13.1 Å². The van der Waals surface area contributed by atoms with E-state index in [1.807, 2.05) is 36.9 Å². The maximum Gasteiger partial charge on any atom is 0.251 e. The standard InChI is InChI=1S/C20H30N2O2/c1-14(2)12-18(20(24)22-10-6-5-7-11-22)21-19(23)17-9-8-15(3)16(4)13-17/h8-9,13-14,18H,5-7,10-12H2,1-4H3,(H,21,23)/t18-/m0/s1. The van der Waals surface area contributed by atoms with E-state index >= 15 is 0 Å². The summed E-state index contributed by atoms with van der Waals surface area (Å²) >= 11 is 0. The molecule has 1 saturated heterocycles. The van der Waals surface area contributed by atoms with Crippen LogP contribution in [-0.2, 0) is 4.79 Å². The predicted octanol–water partition coefficient (Wildman–Crippen LogP) is 3.46. The Morgan fingerprint density at radius 2 is 1.75 bits per heavy atom. The first-order chi connectivity index (χ1) is 11.4. The molecule has 1 aliphatic heterocycles. The van der Waals surface area contributed by atoms with E-state index in [-0.39, 0.29) is 11.8 Å². The van der Waals surface area contributed by atoms with E-state index in [4.69, 9.17) is 0 Å². The van der Waals surface area contributed by atoms with Gasteiger partial charge in [0, 0.05) is 18.7 Å². The summed E-state index contributed by atoms with van der Waals surface area (Å²) in [4.78, 5) is 27.4. The van der Waals surface area contributed by atoms with Crippen molar-refractivity contribution in [3.8, 4) is 0 Å². The van der Waals surface area contributed by atoms with Crippen LogP contribution in [0.25, 0.3) is 0 Å². The quantitative estimate of drug-likeness (QED) is 0.899. The van der Waals surface area contributed by atoms with E-state index in [1.54, 1.807) is 0 Å². The highest BCUT2D eigenvalue weighted by molar-refractivity contribution is 5.97. The lowest BCUT2D eigenvalue weighted by Crippen LogP contribution is -2.50. The van der Waals surface area contributed by atoms with E-state index in [0.29, 0.717) is 17.9 Å². The van der Waals surface area contributed by atoms with E-state index in [0.717, 1.165) is 37.1 Å². The minimum Gasteiger partial charge on any atom is -0.341 e. The van der Waals surface area contributed by atoms with Crippen LogP contribution in [0.5, 0.6) is 0 Å². The van der Waals surface area contributed by atoms with Gasteiger partial charge in [0.15, 0.2) is 0 Å². The third kappa shape index (κ3) is 4.83. The summed E-state index contributed by atoms with van der Waals surface area (Å²) in [6.45, 7) is 9.81. The van der Waals surface area contributed by atoms with Crippen LogP contribution in [0.4, 0.5) is 0 Å². The molecule has 1 aromatic carbocycles. The van der Waals surface area contributed by atoms with Crippen LogP contribution in [0.15, 0.2) is 18.2 Å². The smallest absolute Gasteiger partial charge is 0.251 e. The van der Waals surface area contributed by atoms with Gasteiger partial charge in [0.1, 0.15) is 6.04 Å². The van der Waals surface area contributed by atoms with Gasteiger partial charge in [0.25, 0.3) is 5.91 Å². The normalized spacial score (nSPS) is 16.1. The molecule has 0 aromatic heterocycles. The molecular formula is C20H30N2O2. The first-order valence-electron chi connectivity index (χ1n) is 9.05. The molecule has 0 aliphatic carbocycles. The number of benzene rings is 1. The second-order valence-corrected chi connectivity index (χ2v) is 7.34. The van der Waals surface area contributed by atoms with Crippen molar-refractivity contribution < 1.29 is 9.59 Å². The minimum atomic E-state index is -0.433. The van der Waals surface area contributed by atoms with Crippen LogP contribution in [0.2, 0.25) is 0 Å². The number of carbonyl (C=O) groups excluding carboxylic acids is 2. The van der Waals surface area contributed by atoms with Gasteiger partial charge in [0.2, 0.25) is 5.91 Å². The molecule has 1 fully saturated rings. The molecule has 132 valence electrons. The summed E-state index contributed by atoms with van der Waals surface area (Å²) < 4.78 is 0. The fourth-order valence-corrected chi connectivity index (χ4v) is 3.15. The van der Waals surface area contributed by atoms with Crippen LogP contribution >= 0.6 is 0 Å². The molecular weight excluding hydrogens is 300 g/mol. The number of hydrogen-bond acceptors (Lipinski definition) is 2. The van der Waals surface area contributed by atoms with Crippen molar-refractivity contribution in [2.24, 2.45) is 5.92 Å². The zero-order valence-corrected chi connectivity index (χ0v) is 15.4. The molecule has 24 heavy (non-hydrogen) atoms. The molecule has 0 unspecified atom stereocenters. The van der Waals surface area contributed by atoms with Crippen molar-refractivity contribution in [1.29, 1.82) is 0 Å². The van der Waals surface area contributed by atoms with Gasteiger partial charge >= 0.3 is 0 Å². The summed E-state index contributed by atoms with van der Waals surface area (Å²) in [6, 6.07) is 5.24. The second kappa shape index (κ2) is 8.32. The molecule has 1 heterocycles. The highest BCUT2D eigenvalue weighted by atomic mass is 16.2. The second-order valence-electron chi connectivity index (χ2n) is 7.34. The summed E-state index contributed by atoms with van der Waals surface area (Å²) in [5.41, 5.74) is 2.87. The minimum absolute atomic E-state index is 0.0700. The largest absolute Gasteiger partial charge is 0.341 e. The van der Waals surface area contributed by atoms with Crippen LogP contribution in [-0.4, -0.2) is 35.8 Å². The van der Waals surface area contributed by atoms with Gasteiger partial charge in [-0.25, -0.2) is 0 Å². The molecule has 0 bridgehead atoms. The zero-order valence-electron chi connectivity index (χ0n) is 15.4. The highest BCUT2D eigenvalue weighted by Gasteiger charge is 2.27. The fourth-order valence-electron chi connectivity index (χ4n) is 3.15. The van der Waals surface area contributed by atoms with Crippen LogP contribution in [0, 0.1) is 19.8 Å². The Morgan fingerprint density at radius 3 is 2.33 bits per heavy atom. The molecule has 2 amide bonds. The summed E-state index contributed by atoms with van der Waals surface area (Å²) in [7, 11) is 0. The topological polar surface area (TPSA) is 49.4 Å². The number of nitrogens with zero attached hydrogens (tertiary/aromatic N) is 1. The van der Waals surface area contributed by atoms with E-state index < -0.39 is 6.04 Å². The van der Waals surface area contributed by atoms with Gasteiger partial charge in [-0.15, -0.1) is 0 Å². The molecule has 1 N–H and O–H groups in total.